The normalized spacial score (nSPS) is 16.7. The second kappa shape index (κ2) is 16.1. The topological polar surface area (TPSA) is 46.1 Å². The molecule has 2 nitrogen and oxygen atoms in total. The average Bonchev–Trinajstić information content (AvgIpc) is 3.36. The first-order valence-electron chi connectivity index (χ1n) is 14.2. The Morgan fingerprint density at radius 3 is 0.692 bits per heavy atom. The molecule has 0 saturated carbocycles. The van der Waals surface area contributed by atoms with E-state index in [1.807, 2.05) is 10.4 Å². The summed E-state index contributed by atoms with van der Waals surface area (Å²) in [5.41, 5.74) is 0. The van der Waals surface area contributed by atoms with E-state index in [9.17, 15) is 0 Å². The SMILES string of the molecule is C[O-].C[O-].C[Si](C)(C)C1=[C-]C([Si](C)(C)C)=C([Si](C)(C)C)C1.C[Si](C)(C)C1=[C-]C([Si](C)(C)C)=C([Si](C)(C)C)C1.[Ti+4]. The van der Waals surface area contributed by atoms with E-state index in [1.54, 1.807) is 20.8 Å². The zero-order valence-electron chi connectivity index (χ0n) is 29.7. The van der Waals surface area contributed by atoms with Crippen LogP contribution in [-0.4, -0.2) is 62.7 Å². The molecule has 224 valence electrons. The smallest absolute Gasteiger partial charge is 0.857 e. The third kappa shape index (κ3) is 14.3. The van der Waals surface area contributed by atoms with E-state index in [4.69, 9.17) is 10.2 Å². The molecule has 0 amide bonds. The molecule has 0 heterocycles. The molecular formula is C30H64O2Si6Ti. The summed E-state index contributed by atoms with van der Waals surface area (Å²) in [5, 5.41) is 26.8. The molecule has 0 bridgehead atoms. The standard InChI is InChI=1S/2C14H29Si3.2CH3O.Ti/c2*1-15(2,3)12-10-13(16(4,5)6)14(11-12)17(7,8)9;2*1-2;/h2*10H2,1-9H3;2*1H3;/q4*-1;+4. The van der Waals surface area contributed by atoms with Crippen LogP contribution in [0.1, 0.15) is 12.8 Å². The van der Waals surface area contributed by atoms with Crippen LogP contribution in [0.15, 0.2) is 31.2 Å². The Kier molecular flexibility index (Phi) is 18.3. The largest absolute Gasteiger partial charge is 4.00 e. The predicted molar refractivity (Wildman–Crippen MR) is 189 cm³/mol. The monoisotopic (exact) mass is 672 g/mol. The fraction of sp³-hybridized carbons (Fsp3) is 0.733. The fourth-order valence-electron chi connectivity index (χ4n) is 4.54. The number of rotatable bonds is 6. The molecule has 0 atom stereocenters. The van der Waals surface area contributed by atoms with Crippen LogP contribution in [0.3, 0.4) is 0 Å². The van der Waals surface area contributed by atoms with Gasteiger partial charge in [-0.1, -0.05) is 131 Å². The van der Waals surface area contributed by atoms with Gasteiger partial charge in [0.15, 0.2) is 0 Å². The van der Waals surface area contributed by atoms with Crippen molar-refractivity contribution in [3.63, 3.8) is 0 Å². The maximum Gasteiger partial charge on any atom is 4.00 e. The van der Waals surface area contributed by atoms with Crippen molar-refractivity contribution < 1.29 is 31.9 Å². The molecule has 0 saturated heterocycles. The van der Waals surface area contributed by atoms with E-state index in [0.29, 0.717) is 0 Å². The Morgan fingerprint density at radius 2 is 0.590 bits per heavy atom. The summed E-state index contributed by atoms with van der Waals surface area (Å²) in [4.78, 5) is 0. The van der Waals surface area contributed by atoms with E-state index in [2.05, 4.69) is 130 Å². The first kappa shape index (κ1) is 44.3. The molecule has 0 spiro atoms. The first-order chi connectivity index (χ1) is 16.7. The third-order valence-electron chi connectivity index (χ3n) is 6.98. The van der Waals surface area contributed by atoms with Gasteiger partial charge in [0.25, 0.3) is 0 Å². The molecule has 0 N–H and O–H groups in total. The van der Waals surface area contributed by atoms with Crippen molar-refractivity contribution in [1.82, 2.24) is 0 Å². The molecule has 39 heavy (non-hydrogen) atoms. The van der Waals surface area contributed by atoms with Gasteiger partial charge in [-0.15, -0.1) is 0 Å². The molecule has 9 heteroatoms. The van der Waals surface area contributed by atoms with Gasteiger partial charge in [0.05, 0.1) is 16.1 Å². The summed E-state index contributed by atoms with van der Waals surface area (Å²) in [6.07, 6.45) is 10.3. The molecule has 2 rings (SSSR count). The summed E-state index contributed by atoms with van der Waals surface area (Å²) in [7, 11) is -5.57. The third-order valence-corrected chi connectivity index (χ3v) is 20.0. The van der Waals surface area contributed by atoms with Gasteiger partial charge < -0.3 is 10.2 Å². The zero-order valence-corrected chi connectivity index (χ0v) is 37.3. The maximum atomic E-state index is 8.25. The summed E-state index contributed by atoms with van der Waals surface area (Å²) in [6.45, 7) is 44.6. The van der Waals surface area contributed by atoms with E-state index in [0.717, 1.165) is 14.2 Å². The van der Waals surface area contributed by atoms with Crippen molar-refractivity contribution in [2.24, 2.45) is 0 Å². The van der Waals surface area contributed by atoms with Crippen LogP contribution in [0.5, 0.6) is 0 Å². The van der Waals surface area contributed by atoms with Crippen LogP contribution in [0, 0.1) is 12.2 Å². The molecule has 0 aromatic heterocycles. The van der Waals surface area contributed by atoms with Crippen LogP contribution in [0.4, 0.5) is 0 Å². The number of allylic oxidation sites excluding steroid dienone is 8. The Balaban J connectivity index is -0.000000576. The van der Waals surface area contributed by atoms with Crippen molar-refractivity contribution >= 4 is 48.4 Å². The van der Waals surface area contributed by atoms with Gasteiger partial charge in [-0.3, -0.25) is 12.2 Å². The van der Waals surface area contributed by atoms with E-state index < -0.39 is 48.4 Å². The Labute approximate surface area is 266 Å². The van der Waals surface area contributed by atoms with Crippen molar-refractivity contribution in [2.45, 2.75) is 131 Å². The average molecular weight is 673 g/mol. The summed E-state index contributed by atoms with van der Waals surface area (Å²) >= 11 is 0. The molecule has 0 aliphatic heterocycles. The quantitative estimate of drug-likeness (QED) is 0.212. The van der Waals surface area contributed by atoms with Crippen LogP contribution in [0.25, 0.3) is 0 Å². The molecule has 0 aromatic rings. The van der Waals surface area contributed by atoms with Gasteiger partial charge in [0.1, 0.15) is 0 Å². The fourth-order valence-corrected chi connectivity index (χ4v) is 18.1. The molecule has 0 radical (unpaired) electrons. The Hall–Kier alpha value is 0.896. The van der Waals surface area contributed by atoms with Crippen LogP contribution < -0.4 is 10.2 Å². The van der Waals surface area contributed by atoms with E-state index >= 15 is 0 Å². The number of hydrogen-bond donors (Lipinski definition) is 0. The van der Waals surface area contributed by atoms with Crippen LogP contribution in [-0.2, 0) is 21.7 Å². The zero-order chi connectivity index (χ0) is 31.3. The second-order valence-electron chi connectivity index (χ2n) is 16.8. The van der Waals surface area contributed by atoms with Crippen molar-refractivity contribution in [3.05, 3.63) is 43.3 Å². The molecule has 0 aromatic carbocycles. The second-order valence-corrected chi connectivity index (χ2v) is 47.2. The molecule has 2 aliphatic rings. The van der Waals surface area contributed by atoms with Crippen LogP contribution in [0.2, 0.25) is 118 Å². The van der Waals surface area contributed by atoms with Gasteiger partial charge in [-0.05, 0) is 16.1 Å². The summed E-state index contributed by atoms with van der Waals surface area (Å²) in [6, 6.07) is 0. The van der Waals surface area contributed by atoms with Gasteiger partial charge in [0.2, 0.25) is 0 Å². The van der Waals surface area contributed by atoms with Crippen LogP contribution >= 0.6 is 0 Å². The minimum Gasteiger partial charge on any atom is -0.857 e. The van der Waals surface area contributed by atoms with Crippen molar-refractivity contribution in [3.8, 4) is 0 Å². The van der Waals surface area contributed by atoms with Gasteiger partial charge in [-0.2, -0.15) is 24.6 Å². The summed E-state index contributed by atoms with van der Waals surface area (Å²) in [5.74, 6) is 0. The molecule has 2 aliphatic carbocycles. The van der Waals surface area contributed by atoms with Crippen molar-refractivity contribution in [2.75, 3.05) is 14.2 Å². The molecule has 0 fully saturated rings. The van der Waals surface area contributed by atoms with E-state index in [1.165, 1.54) is 12.8 Å². The van der Waals surface area contributed by atoms with Crippen molar-refractivity contribution in [1.29, 1.82) is 0 Å². The minimum absolute atomic E-state index is 0. The molecular weight excluding hydrogens is 609 g/mol. The summed E-state index contributed by atoms with van der Waals surface area (Å²) < 4.78 is 0. The predicted octanol–water partition coefficient (Wildman–Crippen LogP) is 8.05. The van der Waals surface area contributed by atoms with Gasteiger partial charge >= 0.3 is 21.7 Å². The Bertz CT molecular complexity index is 830. The first-order valence-corrected chi connectivity index (χ1v) is 35.2. The number of hydrogen-bond acceptors (Lipinski definition) is 2. The van der Waals surface area contributed by atoms with Gasteiger partial charge in [0, 0.05) is 16.1 Å². The molecule has 0 unspecified atom stereocenters. The van der Waals surface area contributed by atoms with E-state index in [-0.39, 0.29) is 21.7 Å². The Morgan fingerprint density at radius 1 is 0.385 bits per heavy atom. The maximum absolute atomic E-state index is 8.25. The minimum atomic E-state index is -1.21. The van der Waals surface area contributed by atoms with Gasteiger partial charge in [-0.25, -0.2) is 20.8 Å².